The molecule has 0 bridgehead atoms. The third-order valence-electron chi connectivity index (χ3n) is 4.75. The van der Waals surface area contributed by atoms with Gasteiger partial charge in [-0.3, -0.25) is 4.79 Å². The largest absolute Gasteiger partial charge is 0.381 e. The van der Waals surface area contributed by atoms with Gasteiger partial charge in [0.15, 0.2) is 0 Å². The summed E-state index contributed by atoms with van der Waals surface area (Å²) in [6.07, 6.45) is 3.13. The lowest BCUT2D eigenvalue weighted by Crippen LogP contribution is -2.54. The topological polar surface area (TPSA) is 115 Å². The molecule has 0 radical (unpaired) electrons. The molecule has 9 heteroatoms. The second-order valence-electron chi connectivity index (χ2n) is 6.77. The van der Waals surface area contributed by atoms with Crippen LogP contribution in [0.1, 0.15) is 25.7 Å². The first kappa shape index (κ1) is 21.4. The minimum absolute atomic E-state index is 0. The van der Waals surface area contributed by atoms with E-state index in [9.17, 15) is 9.59 Å². The summed E-state index contributed by atoms with van der Waals surface area (Å²) in [5.41, 5.74) is 6.55. The summed E-state index contributed by atoms with van der Waals surface area (Å²) in [6, 6.07) is 6.65. The molecule has 2 aliphatic heterocycles. The van der Waals surface area contributed by atoms with Crippen LogP contribution in [0.5, 0.6) is 0 Å². The minimum atomic E-state index is -0.892. The van der Waals surface area contributed by atoms with E-state index >= 15 is 0 Å². The van der Waals surface area contributed by atoms with Gasteiger partial charge in [-0.15, -0.1) is 12.4 Å². The molecule has 0 saturated carbocycles. The average Bonchev–Trinajstić information content (AvgIpc) is 3.16. The van der Waals surface area contributed by atoms with E-state index in [4.69, 9.17) is 15.2 Å². The number of carbonyl (C=O) groups is 2. The van der Waals surface area contributed by atoms with Gasteiger partial charge in [-0.05, 0) is 49.9 Å². The van der Waals surface area contributed by atoms with Gasteiger partial charge in [-0.2, -0.15) is 0 Å². The number of carbonyl (C=O) groups excluding carboxylic acids is 2. The number of rotatable bonds is 5. The number of anilines is 2. The number of ether oxygens (including phenoxy) is 2. The Hall–Kier alpha value is -1.87. The molecule has 5 N–H and O–H groups in total. The van der Waals surface area contributed by atoms with E-state index in [1.807, 2.05) is 0 Å². The summed E-state index contributed by atoms with van der Waals surface area (Å²) in [4.78, 5) is 24.3. The van der Waals surface area contributed by atoms with Crippen LogP contribution in [-0.2, 0) is 14.3 Å². The number of nitrogens with two attached hydrogens (primary N) is 1. The fourth-order valence-corrected chi connectivity index (χ4v) is 3.04. The van der Waals surface area contributed by atoms with Crippen LogP contribution in [0.15, 0.2) is 24.3 Å². The zero-order valence-corrected chi connectivity index (χ0v) is 16.0. The van der Waals surface area contributed by atoms with Crippen molar-refractivity contribution in [2.45, 2.75) is 37.3 Å². The van der Waals surface area contributed by atoms with Gasteiger partial charge in [0.2, 0.25) is 5.91 Å². The van der Waals surface area contributed by atoms with Gasteiger partial charge >= 0.3 is 6.03 Å². The highest BCUT2D eigenvalue weighted by Gasteiger charge is 2.35. The Morgan fingerprint density at radius 3 is 2.30 bits per heavy atom. The van der Waals surface area contributed by atoms with Gasteiger partial charge in [0.25, 0.3) is 0 Å². The molecule has 2 saturated heterocycles. The zero-order valence-electron chi connectivity index (χ0n) is 15.2. The van der Waals surface area contributed by atoms with Crippen LogP contribution < -0.4 is 21.7 Å². The van der Waals surface area contributed by atoms with E-state index in [1.54, 1.807) is 24.3 Å². The molecule has 1 aromatic rings. The molecule has 0 spiro atoms. The Kier molecular flexibility index (Phi) is 7.85. The average molecular weight is 399 g/mol. The highest BCUT2D eigenvalue weighted by molar-refractivity contribution is 5.98. The maximum Gasteiger partial charge on any atom is 0.319 e. The number of hydrogen-bond acceptors (Lipinski definition) is 5. The first-order chi connectivity index (χ1) is 12.5. The van der Waals surface area contributed by atoms with Gasteiger partial charge in [0.05, 0.1) is 6.10 Å². The van der Waals surface area contributed by atoms with E-state index in [0.29, 0.717) is 44.0 Å². The summed E-state index contributed by atoms with van der Waals surface area (Å²) < 4.78 is 10.7. The predicted octanol–water partition coefficient (Wildman–Crippen LogP) is 1.86. The third-order valence-corrected chi connectivity index (χ3v) is 4.75. The summed E-state index contributed by atoms with van der Waals surface area (Å²) in [6.45, 7) is 2.25. The van der Waals surface area contributed by atoms with Crippen LogP contribution in [-0.4, -0.2) is 49.9 Å². The quantitative estimate of drug-likeness (QED) is 0.604. The molecule has 1 atom stereocenters. The summed E-state index contributed by atoms with van der Waals surface area (Å²) in [5.74, 6) is -0.212. The van der Waals surface area contributed by atoms with Gasteiger partial charge < -0.3 is 31.2 Å². The van der Waals surface area contributed by atoms with Crippen LogP contribution in [0.25, 0.3) is 0 Å². The maximum atomic E-state index is 12.4. The SMILES string of the molecule is Cl.NC1(C(=O)Nc2ccc(NC(=O)NCC3CCCO3)cc2)CCOCC1. The molecule has 3 amide bonds. The van der Waals surface area contributed by atoms with E-state index < -0.39 is 5.54 Å². The highest BCUT2D eigenvalue weighted by atomic mass is 35.5. The Bertz CT molecular complexity index is 629. The van der Waals surface area contributed by atoms with E-state index in [2.05, 4.69) is 16.0 Å². The standard InChI is InChI=1S/C18H26N4O4.ClH/c19-18(7-10-25-11-8-18)16(23)21-13-3-5-14(6-4-13)22-17(24)20-12-15-2-1-9-26-15;/h3-6,15H,1-2,7-12,19H2,(H,21,23)(H2,20,22,24);1H. The number of amides is 3. The van der Waals surface area contributed by atoms with Crippen molar-refractivity contribution in [2.24, 2.45) is 5.73 Å². The van der Waals surface area contributed by atoms with Crippen molar-refractivity contribution in [1.29, 1.82) is 0 Å². The molecule has 2 fully saturated rings. The highest BCUT2D eigenvalue weighted by Crippen LogP contribution is 2.21. The summed E-state index contributed by atoms with van der Waals surface area (Å²) >= 11 is 0. The first-order valence-corrected chi connectivity index (χ1v) is 9.00. The zero-order chi connectivity index (χ0) is 18.4. The van der Waals surface area contributed by atoms with Crippen molar-refractivity contribution in [3.05, 3.63) is 24.3 Å². The molecule has 8 nitrogen and oxygen atoms in total. The number of hydrogen-bond donors (Lipinski definition) is 4. The number of halogens is 1. The van der Waals surface area contributed by atoms with Crippen molar-refractivity contribution < 1.29 is 19.1 Å². The van der Waals surface area contributed by atoms with Crippen molar-refractivity contribution >= 4 is 35.7 Å². The molecular formula is C18H27ClN4O4. The van der Waals surface area contributed by atoms with Crippen molar-refractivity contribution in [2.75, 3.05) is 37.0 Å². The van der Waals surface area contributed by atoms with Crippen LogP contribution in [0, 0.1) is 0 Å². The Morgan fingerprint density at radius 2 is 1.70 bits per heavy atom. The normalized spacial score (nSPS) is 21.0. The smallest absolute Gasteiger partial charge is 0.319 e. The molecule has 1 unspecified atom stereocenters. The van der Waals surface area contributed by atoms with Gasteiger partial charge in [-0.25, -0.2) is 4.79 Å². The molecule has 0 aliphatic carbocycles. The van der Waals surface area contributed by atoms with E-state index in [1.165, 1.54) is 0 Å². The summed E-state index contributed by atoms with van der Waals surface area (Å²) in [7, 11) is 0. The van der Waals surface area contributed by atoms with Gasteiger partial charge in [-0.1, -0.05) is 0 Å². The fraction of sp³-hybridized carbons (Fsp3) is 0.556. The molecule has 2 heterocycles. The van der Waals surface area contributed by atoms with E-state index in [0.717, 1.165) is 19.4 Å². The molecule has 2 aliphatic rings. The molecule has 27 heavy (non-hydrogen) atoms. The van der Waals surface area contributed by atoms with Crippen molar-refractivity contribution in [3.8, 4) is 0 Å². The number of benzene rings is 1. The van der Waals surface area contributed by atoms with Crippen LogP contribution in [0.2, 0.25) is 0 Å². The Morgan fingerprint density at radius 1 is 1.07 bits per heavy atom. The monoisotopic (exact) mass is 398 g/mol. The van der Waals surface area contributed by atoms with Crippen molar-refractivity contribution in [3.63, 3.8) is 0 Å². The van der Waals surface area contributed by atoms with Crippen LogP contribution >= 0.6 is 12.4 Å². The fourth-order valence-electron chi connectivity index (χ4n) is 3.04. The van der Waals surface area contributed by atoms with Crippen LogP contribution in [0.3, 0.4) is 0 Å². The maximum absolute atomic E-state index is 12.4. The molecular weight excluding hydrogens is 372 g/mol. The van der Waals surface area contributed by atoms with E-state index in [-0.39, 0.29) is 30.4 Å². The number of nitrogens with one attached hydrogen (secondary N) is 3. The molecule has 3 rings (SSSR count). The van der Waals surface area contributed by atoms with Gasteiger partial charge in [0, 0.05) is 37.7 Å². The molecule has 150 valence electrons. The minimum Gasteiger partial charge on any atom is -0.381 e. The molecule has 0 aromatic heterocycles. The molecule has 1 aromatic carbocycles. The lowest BCUT2D eigenvalue weighted by molar-refractivity contribution is -0.124. The second-order valence-corrected chi connectivity index (χ2v) is 6.77. The second kappa shape index (κ2) is 9.89. The Labute approximate surface area is 164 Å². The lowest BCUT2D eigenvalue weighted by atomic mass is 9.90. The first-order valence-electron chi connectivity index (χ1n) is 9.00. The third kappa shape index (κ3) is 6.07. The van der Waals surface area contributed by atoms with Crippen LogP contribution in [0.4, 0.5) is 16.2 Å². The van der Waals surface area contributed by atoms with Crippen molar-refractivity contribution in [1.82, 2.24) is 5.32 Å². The Balaban J connectivity index is 0.00000261. The predicted molar refractivity (Wildman–Crippen MR) is 105 cm³/mol. The van der Waals surface area contributed by atoms with Gasteiger partial charge in [0.1, 0.15) is 5.54 Å². The number of urea groups is 1. The lowest BCUT2D eigenvalue weighted by Gasteiger charge is -2.31. The summed E-state index contributed by atoms with van der Waals surface area (Å²) in [5, 5.41) is 8.38.